The van der Waals surface area contributed by atoms with Gasteiger partial charge < -0.3 is 14.9 Å². The summed E-state index contributed by atoms with van der Waals surface area (Å²) in [5.41, 5.74) is 7.18. The summed E-state index contributed by atoms with van der Waals surface area (Å²) >= 11 is 0. The van der Waals surface area contributed by atoms with E-state index in [1.807, 2.05) is 31.2 Å². The molecular formula is C12H14N2O2. The SMILES string of the molecule is COc1ccccc1-c1nc(CN)c(C)o1. The molecule has 4 heteroatoms. The lowest BCUT2D eigenvalue weighted by atomic mass is 10.2. The van der Waals surface area contributed by atoms with E-state index in [1.54, 1.807) is 7.11 Å². The van der Waals surface area contributed by atoms with Gasteiger partial charge >= 0.3 is 0 Å². The fourth-order valence-corrected chi connectivity index (χ4v) is 1.55. The van der Waals surface area contributed by atoms with Crippen LogP contribution < -0.4 is 10.5 Å². The number of nitrogens with two attached hydrogens (primary N) is 1. The summed E-state index contributed by atoms with van der Waals surface area (Å²) in [7, 11) is 1.62. The third-order valence-electron chi connectivity index (χ3n) is 2.42. The lowest BCUT2D eigenvalue weighted by Gasteiger charge is -2.03. The Morgan fingerprint density at radius 2 is 2.12 bits per heavy atom. The van der Waals surface area contributed by atoms with Gasteiger partial charge in [-0.1, -0.05) is 12.1 Å². The predicted octanol–water partition coefficient (Wildman–Crippen LogP) is 2.12. The van der Waals surface area contributed by atoms with Crippen LogP contribution in [0.15, 0.2) is 28.7 Å². The van der Waals surface area contributed by atoms with Gasteiger partial charge in [0.05, 0.1) is 18.4 Å². The number of methoxy groups -OCH3 is 1. The second-order valence-corrected chi connectivity index (χ2v) is 3.43. The summed E-state index contributed by atoms with van der Waals surface area (Å²) in [4.78, 5) is 4.34. The molecule has 0 aliphatic rings. The van der Waals surface area contributed by atoms with Crippen LogP contribution in [0.4, 0.5) is 0 Å². The molecule has 0 fully saturated rings. The molecular weight excluding hydrogens is 204 g/mol. The number of rotatable bonds is 3. The highest BCUT2D eigenvalue weighted by atomic mass is 16.5. The summed E-state index contributed by atoms with van der Waals surface area (Å²) in [6.45, 7) is 2.23. The quantitative estimate of drug-likeness (QED) is 0.857. The van der Waals surface area contributed by atoms with Gasteiger partial charge in [0.25, 0.3) is 0 Å². The van der Waals surface area contributed by atoms with Gasteiger partial charge in [-0.15, -0.1) is 0 Å². The van der Waals surface area contributed by atoms with Crippen LogP contribution in [0.1, 0.15) is 11.5 Å². The Bertz CT molecular complexity index is 492. The summed E-state index contributed by atoms with van der Waals surface area (Å²) < 4.78 is 10.8. The molecule has 16 heavy (non-hydrogen) atoms. The molecule has 4 nitrogen and oxygen atoms in total. The van der Waals surface area contributed by atoms with E-state index in [1.165, 1.54) is 0 Å². The Balaban J connectivity index is 2.49. The molecule has 0 radical (unpaired) electrons. The number of ether oxygens (including phenoxy) is 1. The Hall–Kier alpha value is -1.81. The Kier molecular flexibility index (Phi) is 2.92. The zero-order valence-electron chi connectivity index (χ0n) is 9.36. The van der Waals surface area contributed by atoms with E-state index in [0.717, 1.165) is 22.8 Å². The van der Waals surface area contributed by atoms with Crippen molar-refractivity contribution in [3.63, 3.8) is 0 Å². The molecule has 84 valence electrons. The Labute approximate surface area is 94.1 Å². The van der Waals surface area contributed by atoms with Gasteiger partial charge in [-0.25, -0.2) is 4.98 Å². The van der Waals surface area contributed by atoms with Crippen molar-refractivity contribution in [1.29, 1.82) is 0 Å². The smallest absolute Gasteiger partial charge is 0.230 e. The van der Waals surface area contributed by atoms with Crippen LogP contribution in [0.3, 0.4) is 0 Å². The van der Waals surface area contributed by atoms with Crippen molar-refractivity contribution in [3.05, 3.63) is 35.7 Å². The Morgan fingerprint density at radius 1 is 1.38 bits per heavy atom. The number of oxazole rings is 1. The second kappa shape index (κ2) is 4.37. The van der Waals surface area contributed by atoms with Gasteiger partial charge in [-0.2, -0.15) is 0 Å². The first-order valence-electron chi connectivity index (χ1n) is 5.06. The summed E-state index contributed by atoms with van der Waals surface area (Å²) in [6.07, 6.45) is 0. The van der Waals surface area contributed by atoms with Gasteiger partial charge in [0, 0.05) is 6.54 Å². The molecule has 2 aromatic rings. The van der Waals surface area contributed by atoms with Crippen molar-refractivity contribution < 1.29 is 9.15 Å². The highest BCUT2D eigenvalue weighted by molar-refractivity contribution is 5.62. The van der Waals surface area contributed by atoms with Gasteiger partial charge in [-0.05, 0) is 19.1 Å². The van der Waals surface area contributed by atoms with Gasteiger partial charge in [0.2, 0.25) is 5.89 Å². The van der Waals surface area contributed by atoms with Crippen molar-refractivity contribution in [1.82, 2.24) is 4.98 Å². The number of para-hydroxylation sites is 1. The van der Waals surface area contributed by atoms with Crippen molar-refractivity contribution in [2.45, 2.75) is 13.5 Å². The normalized spacial score (nSPS) is 10.4. The van der Waals surface area contributed by atoms with E-state index >= 15 is 0 Å². The molecule has 0 saturated carbocycles. The van der Waals surface area contributed by atoms with E-state index in [-0.39, 0.29) is 0 Å². The lowest BCUT2D eigenvalue weighted by Crippen LogP contribution is -1.98. The molecule has 0 aliphatic heterocycles. The monoisotopic (exact) mass is 218 g/mol. The molecule has 1 heterocycles. The number of aromatic nitrogens is 1. The number of aryl methyl sites for hydroxylation is 1. The lowest BCUT2D eigenvalue weighted by molar-refractivity contribution is 0.414. The molecule has 0 bridgehead atoms. The zero-order chi connectivity index (χ0) is 11.5. The van der Waals surface area contributed by atoms with Gasteiger partial charge in [0.1, 0.15) is 11.5 Å². The molecule has 0 atom stereocenters. The van der Waals surface area contributed by atoms with Crippen molar-refractivity contribution in [3.8, 4) is 17.2 Å². The minimum absolute atomic E-state index is 0.379. The first kappa shape index (κ1) is 10.7. The highest BCUT2D eigenvalue weighted by Gasteiger charge is 2.13. The number of benzene rings is 1. The molecule has 2 rings (SSSR count). The minimum Gasteiger partial charge on any atom is -0.496 e. The molecule has 0 aliphatic carbocycles. The molecule has 0 spiro atoms. The third kappa shape index (κ3) is 1.79. The second-order valence-electron chi connectivity index (χ2n) is 3.43. The number of hydrogen-bond donors (Lipinski definition) is 1. The Morgan fingerprint density at radius 3 is 2.75 bits per heavy atom. The van der Waals surface area contributed by atoms with Gasteiger partial charge in [0.15, 0.2) is 0 Å². The van der Waals surface area contributed by atoms with Crippen molar-refractivity contribution in [2.24, 2.45) is 5.73 Å². The molecule has 2 N–H and O–H groups in total. The maximum absolute atomic E-state index is 5.56. The minimum atomic E-state index is 0.379. The van der Waals surface area contributed by atoms with Gasteiger partial charge in [-0.3, -0.25) is 0 Å². The van der Waals surface area contributed by atoms with E-state index in [9.17, 15) is 0 Å². The van der Waals surface area contributed by atoms with Crippen LogP contribution in [0.25, 0.3) is 11.5 Å². The summed E-state index contributed by atoms with van der Waals surface area (Å²) in [5.74, 6) is 2.05. The molecule has 0 amide bonds. The average molecular weight is 218 g/mol. The molecule has 1 aromatic carbocycles. The van der Waals surface area contributed by atoms with Crippen LogP contribution in [0.2, 0.25) is 0 Å². The van der Waals surface area contributed by atoms with Crippen molar-refractivity contribution >= 4 is 0 Å². The summed E-state index contributed by atoms with van der Waals surface area (Å²) in [5, 5.41) is 0. The topological polar surface area (TPSA) is 61.3 Å². The maximum atomic E-state index is 5.56. The largest absolute Gasteiger partial charge is 0.496 e. The van der Waals surface area contributed by atoms with Crippen LogP contribution in [-0.2, 0) is 6.54 Å². The molecule has 1 aromatic heterocycles. The van der Waals surface area contributed by atoms with E-state index in [4.69, 9.17) is 14.9 Å². The molecule has 0 saturated heterocycles. The highest BCUT2D eigenvalue weighted by Crippen LogP contribution is 2.29. The van der Waals surface area contributed by atoms with Crippen LogP contribution in [0.5, 0.6) is 5.75 Å². The van der Waals surface area contributed by atoms with Crippen LogP contribution in [-0.4, -0.2) is 12.1 Å². The fourth-order valence-electron chi connectivity index (χ4n) is 1.55. The van der Waals surface area contributed by atoms with E-state index in [2.05, 4.69) is 4.98 Å². The third-order valence-corrected chi connectivity index (χ3v) is 2.42. The van der Waals surface area contributed by atoms with Crippen LogP contribution >= 0.6 is 0 Å². The average Bonchev–Trinajstić information content (AvgIpc) is 2.70. The van der Waals surface area contributed by atoms with Crippen LogP contribution in [0, 0.1) is 6.92 Å². The van der Waals surface area contributed by atoms with Crippen molar-refractivity contribution in [2.75, 3.05) is 7.11 Å². The summed E-state index contributed by atoms with van der Waals surface area (Å²) in [6, 6.07) is 7.60. The maximum Gasteiger partial charge on any atom is 0.230 e. The standard InChI is InChI=1S/C12H14N2O2/c1-8-10(7-13)14-12(16-8)9-5-3-4-6-11(9)15-2/h3-6H,7,13H2,1-2H3. The first-order valence-corrected chi connectivity index (χ1v) is 5.06. The number of hydrogen-bond acceptors (Lipinski definition) is 4. The number of nitrogens with zero attached hydrogens (tertiary/aromatic N) is 1. The van der Waals surface area contributed by atoms with E-state index < -0.39 is 0 Å². The predicted molar refractivity (Wildman–Crippen MR) is 61.1 cm³/mol. The fraction of sp³-hybridized carbons (Fsp3) is 0.250. The zero-order valence-corrected chi connectivity index (χ0v) is 9.36. The van der Waals surface area contributed by atoms with E-state index in [0.29, 0.717) is 12.4 Å². The first-order chi connectivity index (χ1) is 7.76. The molecule has 0 unspecified atom stereocenters.